The van der Waals surface area contributed by atoms with Crippen LogP contribution >= 0.6 is 0 Å². The molecule has 2 atom stereocenters. The van der Waals surface area contributed by atoms with Crippen molar-refractivity contribution < 1.29 is 31.1 Å². The third kappa shape index (κ3) is 3.52. The van der Waals surface area contributed by atoms with Gasteiger partial charge in [-0.15, -0.1) is 0 Å². The topological polar surface area (TPSA) is 46.3 Å². The summed E-state index contributed by atoms with van der Waals surface area (Å²) in [6.45, 7) is 1.37. The van der Waals surface area contributed by atoms with Crippen LogP contribution in [0.4, 0.5) is 26.3 Å². The van der Waals surface area contributed by atoms with Gasteiger partial charge in [0.05, 0.1) is 0 Å². The highest BCUT2D eigenvalue weighted by Crippen LogP contribution is 2.41. The van der Waals surface area contributed by atoms with Gasteiger partial charge >= 0.3 is 12.4 Å². The monoisotopic (exact) mass is 292 g/mol. The van der Waals surface area contributed by atoms with Crippen molar-refractivity contribution in [3.05, 3.63) is 0 Å². The number of likely N-dealkylation sites (tertiary alicyclic amines) is 1. The van der Waals surface area contributed by atoms with E-state index in [0.29, 0.717) is 11.3 Å². The molecule has 1 aliphatic rings. The van der Waals surface area contributed by atoms with Crippen molar-refractivity contribution in [3.8, 4) is 0 Å². The Bertz CT molecular complexity index is 326. The first-order chi connectivity index (χ1) is 8.48. The Morgan fingerprint density at radius 3 is 2.05 bits per heavy atom. The van der Waals surface area contributed by atoms with E-state index in [0.717, 1.165) is 0 Å². The average Bonchev–Trinajstić information content (AvgIpc) is 2.55. The highest BCUT2D eigenvalue weighted by molar-refractivity contribution is 5.81. The summed E-state index contributed by atoms with van der Waals surface area (Å²) in [5.74, 6) is -6.16. The maximum Gasteiger partial charge on any atom is 0.409 e. The molecule has 3 nitrogen and oxygen atoms in total. The van der Waals surface area contributed by atoms with Crippen molar-refractivity contribution in [2.45, 2.75) is 31.7 Å². The molecule has 0 saturated carbocycles. The second kappa shape index (κ2) is 5.18. The molecule has 112 valence electrons. The zero-order valence-electron chi connectivity index (χ0n) is 10.1. The van der Waals surface area contributed by atoms with Crippen LogP contribution in [0.5, 0.6) is 0 Å². The van der Waals surface area contributed by atoms with Gasteiger partial charge in [-0.2, -0.15) is 26.3 Å². The molecule has 1 rings (SSSR count). The standard InChI is InChI=1S/C10H14F6N2O/c1-5-2-6(3-17)4-18(5)8(19)7(9(11,12)13)10(14,15)16/h5-7H,2-4,17H2,1H3. The minimum absolute atomic E-state index is 0.122. The van der Waals surface area contributed by atoms with Gasteiger partial charge in [0, 0.05) is 12.6 Å². The first-order valence-corrected chi connectivity index (χ1v) is 5.62. The Morgan fingerprint density at radius 1 is 1.26 bits per heavy atom. The highest BCUT2D eigenvalue weighted by atomic mass is 19.4. The van der Waals surface area contributed by atoms with Gasteiger partial charge in [0.25, 0.3) is 0 Å². The third-order valence-corrected chi connectivity index (χ3v) is 3.18. The Balaban J connectivity index is 2.96. The first kappa shape index (κ1) is 16.1. The zero-order chi connectivity index (χ0) is 15.0. The average molecular weight is 292 g/mol. The van der Waals surface area contributed by atoms with E-state index < -0.39 is 30.2 Å². The molecule has 0 aromatic rings. The van der Waals surface area contributed by atoms with Crippen LogP contribution in [0.25, 0.3) is 0 Å². The Labute approximate surface area is 105 Å². The molecule has 0 bridgehead atoms. The molecule has 1 fully saturated rings. The van der Waals surface area contributed by atoms with Crippen LogP contribution in [0.2, 0.25) is 0 Å². The Hall–Kier alpha value is -0.990. The van der Waals surface area contributed by atoms with Crippen molar-refractivity contribution in [2.24, 2.45) is 17.6 Å². The number of carbonyl (C=O) groups is 1. The molecule has 0 aromatic carbocycles. The lowest BCUT2D eigenvalue weighted by molar-refractivity contribution is -0.277. The summed E-state index contributed by atoms with van der Waals surface area (Å²) in [6, 6.07) is -0.673. The largest absolute Gasteiger partial charge is 0.409 e. The lowest BCUT2D eigenvalue weighted by Crippen LogP contribution is -2.50. The normalized spacial score (nSPS) is 25.2. The Kier molecular flexibility index (Phi) is 4.38. The number of nitrogens with zero attached hydrogens (tertiary/aromatic N) is 1. The molecule has 0 radical (unpaired) electrons. The van der Waals surface area contributed by atoms with E-state index >= 15 is 0 Å². The summed E-state index contributed by atoms with van der Waals surface area (Å²) in [5.41, 5.74) is 5.32. The van der Waals surface area contributed by atoms with Gasteiger partial charge in [0.2, 0.25) is 11.8 Å². The van der Waals surface area contributed by atoms with Crippen LogP contribution in [-0.2, 0) is 4.79 Å². The summed E-state index contributed by atoms with van der Waals surface area (Å²) in [6.07, 6.45) is -11.0. The highest BCUT2D eigenvalue weighted by Gasteiger charge is 2.62. The van der Waals surface area contributed by atoms with Crippen LogP contribution < -0.4 is 5.73 Å². The fourth-order valence-corrected chi connectivity index (χ4v) is 2.25. The number of hydrogen-bond donors (Lipinski definition) is 1. The predicted molar refractivity (Wildman–Crippen MR) is 53.9 cm³/mol. The van der Waals surface area contributed by atoms with E-state index in [2.05, 4.69) is 0 Å². The quantitative estimate of drug-likeness (QED) is 0.790. The van der Waals surface area contributed by atoms with E-state index in [1.165, 1.54) is 6.92 Å². The zero-order valence-corrected chi connectivity index (χ0v) is 10.1. The van der Waals surface area contributed by atoms with Crippen LogP contribution in [0.15, 0.2) is 0 Å². The smallest absolute Gasteiger partial charge is 0.339 e. The molecule has 9 heteroatoms. The molecule has 2 N–H and O–H groups in total. The number of hydrogen-bond acceptors (Lipinski definition) is 2. The van der Waals surface area contributed by atoms with Crippen LogP contribution in [0.1, 0.15) is 13.3 Å². The SMILES string of the molecule is CC1CC(CN)CN1C(=O)C(C(F)(F)F)C(F)(F)F. The van der Waals surface area contributed by atoms with E-state index in [9.17, 15) is 31.1 Å². The third-order valence-electron chi connectivity index (χ3n) is 3.18. The van der Waals surface area contributed by atoms with Crippen molar-refractivity contribution in [2.75, 3.05) is 13.1 Å². The van der Waals surface area contributed by atoms with Crippen LogP contribution in [0.3, 0.4) is 0 Å². The molecule has 1 amide bonds. The van der Waals surface area contributed by atoms with Gasteiger partial charge < -0.3 is 10.6 Å². The molecule has 0 aromatic heterocycles. The van der Waals surface area contributed by atoms with Gasteiger partial charge in [-0.25, -0.2) is 0 Å². The summed E-state index contributed by atoms with van der Waals surface area (Å²) in [7, 11) is 0. The van der Waals surface area contributed by atoms with E-state index in [-0.39, 0.29) is 19.0 Å². The summed E-state index contributed by atoms with van der Waals surface area (Å²) >= 11 is 0. The summed E-state index contributed by atoms with van der Waals surface area (Å²) in [5, 5.41) is 0. The number of nitrogens with two attached hydrogens (primary N) is 1. The van der Waals surface area contributed by atoms with Gasteiger partial charge in [-0.3, -0.25) is 4.79 Å². The number of amides is 1. The van der Waals surface area contributed by atoms with Crippen molar-refractivity contribution in [1.29, 1.82) is 0 Å². The second-order valence-electron chi connectivity index (χ2n) is 4.69. The molecule has 1 heterocycles. The number of rotatable bonds is 2. The van der Waals surface area contributed by atoms with Crippen molar-refractivity contribution in [3.63, 3.8) is 0 Å². The number of alkyl halides is 6. The van der Waals surface area contributed by atoms with Crippen molar-refractivity contribution in [1.82, 2.24) is 4.90 Å². The molecule has 1 saturated heterocycles. The molecular formula is C10H14F6N2O. The van der Waals surface area contributed by atoms with Gasteiger partial charge in [0.15, 0.2) is 0 Å². The molecular weight excluding hydrogens is 278 g/mol. The second-order valence-corrected chi connectivity index (χ2v) is 4.69. The lowest BCUT2D eigenvalue weighted by atomic mass is 10.1. The first-order valence-electron chi connectivity index (χ1n) is 5.62. The van der Waals surface area contributed by atoms with Crippen molar-refractivity contribution >= 4 is 5.91 Å². The van der Waals surface area contributed by atoms with E-state index in [4.69, 9.17) is 5.73 Å². The van der Waals surface area contributed by atoms with E-state index in [1.807, 2.05) is 0 Å². The minimum atomic E-state index is -5.64. The van der Waals surface area contributed by atoms with Gasteiger partial charge in [0.1, 0.15) is 0 Å². The van der Waals surface area contributed by atoms with E-state index in [1.54, 1.807) is 0 Å². The molecule has 0 spiro atoms. The molecule has 2 unspecified atom stereocenters. The molecule has 0 aliphatic carbocycles. The molecule has 1 aliphatic heterocycles. The molecule has 19 heavy (non-hydrogen) atoms. The van der Waals surface area contributed by atoms with Crippen LogP contribution in [0, 0.1) is 11.8 Å². The summed E-state index contributed by atoms with van der Waals surface area (Å²) in [4.78, 5) is 12.2. The maximum atomic E-state index is 12.4. The van der Waals surface area contributed by atoms with Gasteiger partial charge in [-0.1, -0.05) is 0 Å². The summed E-state index contributed by atoms with van der Waals surface area (Å²) < 4.78 is 74.6. The fraction of sp³-hybridized carbons (Fsp3) is 0.900. The predicted octanol–water partition coefficient (Wildman–Crippen LogP) is 1.92. The Morgan fingerprint density at radius 2 is 1.74 bits per heavy atom. The minimum Gasteiger partial charge on any atom is -0.339 e. The van der Waals surface area contributed by atoms with Gasteiger partial charge in [-0.05, 0) is 25.8 Å². The fourth-order valence-electron chi connectivity index (χ4n) is 2.25. The number of halogens is 6. The van der Waals surface area contributed by atoms with Crippen LogP contribution in [-0.4, -0.2) is 42.3 Å². The maximum absolute atomic E-state index is 12.4. The number of carbonyl (C=O) groups excluding carboxylic acids is 1. The lowest BCUT2D eigenvalue weighted by Gasteiger charge is -2.29.